The van der Waals surface area contributed by atoms with Crippen molar-refractivity contribution < 1.29 is 18.4 Å². The molecule has 0 aliphatic carbocycles. The summed E-state index contributed by atoms with van der Waals surface area (Å²) in [5, 5.41) is 4.29. The summed E-state index contributed by atoms with van der Waals surface area (Å²) in [4.78, 5) is 21.2. The van der Waals surface area contributed by atoms with Gasteiger partial charge in [0.25, 0.3) is 5.71 Å². The van der Waals surface area contributed by atoms with Gasteiger partial charge in [-0.25, -0.2) is 14.2 Å². The van der Waals surface area contributed by atoms with Gasteiger partial charge in [0.2, 0.25) is 0 Å². The summed E-state index contributed by atoms with van der Waals surface area (Å²) >= 11 is 0. The fraction of sp³-hybridized carbons (Fsp3) is 0.100. The number of fused-ring (bicyclic) bond motifs is 1. The van der Waals surface area contributed by atoms with E-state index in [2.05, 4.69) is 15.1 Å². The number of aromatic nitrogens is 3. The Morgan fingerprint density at radius 3 is 2.70 bits per heavy atom. The van der Waals surface area contributed by atoms with Gasteiger partial charge in [0.05, 0.1) is 28.5 Å². The van der Waals surface area contributed by atoms with Gasteiger partial charge < -0.3 is 9.26 Å². The van der Waals surface area contributed by atoms with Crippen molar-refractivity contribution in [2.45, 2.75) is 13.8 Å². The Bertz CT molecular complexity index is 1150. The third-order valence-electron chi connectivity index (χ3n) is 4.08. The molecule has 0 bridgehead atoms. The van der Waals surface area contributed by atoms with Crippen LogP contribution in [0.4, 0.5) is 4.39 Å². The number of aryl methyl sites for hydroxylation is 2. The Hall–Kier alpha value is -3.61. The van der Waals surface area contributed by atoms with Gasteiger partial charge in [0, 0.05) is 11.3 Å². The van der Waals surface area contributed by atoms with E-state index >= 15 is 0 Å². The summed E-state index contributed by atoms with van der Waals surface area (Å²) < 4.78 is 24.8. The highest BCUT2D eigenvalue weighted by atomic mass is 19.1. The van der Waals surface area contributed by atoms with Crippen molar-refractivity contribution in [3.63, 3.8) is 0 Å². The van der Waals surface area contributed by atoms with Gasteiger partial charge in [-0.2, -0.15) is 0 Å². The van der Waals surface area contributed by atoms with Crippen LogP contribution in [-0.2, 0) is 0 Å². The van der Waals surface area contributed by atoms with E-state index in [0.717, 1.165) is 5.69 Å². The first-order chi connectivity index (χ1) is 13.0. The van der Waals surface area contributed by atoms with Crippen LogP contribution in [0.2, 0.25) is 0 Å². The summed E-state index contributed by atoms with van der Waals surface area (Å²) in [6.45, 7) is 3.53. The highest BCUT2D eigenvalue weighted by Gasteiger charge is 2.22. The van der Waals surface area contributed by atoms with Crippen LogP contribution < -0.4 is 4.74 Å². The van der Waals surface area contributed by atoms with Crippen molar-refractivity contribution in [1.29, 1.82) is 0 Å². The summed E-state index contributed by atoms with van der Waals surface area (Å²) in [6.07, 6.45) is 1.46. The molecule has 7 heteroatoms. The number of nitrogens with zero attached hydrogens (tertiary/aromatic N) is 3. The van der Waals surface area contributed by atoms with E-state index in [1.54, 1.807) is 37.3 Å². The molecule has 3 heterocycles. The van der Waals surface area contributed by atoms with Crippen molar-refractivity contribution in [3.05, 3.63) is 71.4 Å². The number of pyridine rings is 2. The minimum atomic E-state index is -0.628. The molecule has 0 radical (unpaired) electrons. The summed E-state index contributed by atoms with van der Waals surface area (Å²) in [7, 11) is 0. The number of hydrogen-bond acceptors (Lipinski definition) is 6. The zero-order valence-corrected chi connectivity index (χ0v) is 14.6. The lowest BCUT2D eigenvalue weighted by molar-refractivity contribution is 0.0736. The molecule has 4 aromatic rings. The van der Waals surface area contributed by atoms with Gasteiger partial charge in [-0.15, -0.1) is 0 Å². The molecular formula is C20H14FN3O3. The van der Waals surface area contributed by atoms with Crippen LogP contribution in [0.3, 0.4) is 0 Å². The second kappa shape index (κ2) is 6.60. The van der Waals surface area contributed by atoms with E-state index in [1.165, 1.54) is 18.3 Å². The molecule has 0 aliphatic rings. The molecule has 6 nitrogen and oxygen atoms in total. The predicted octanol–water partition coefficient (Wildman–Crippen LogP) is 4.26. The monoisotopic (exact) mass is 363 g/mol. The first-order valence-electron chi connectivity index (χ1n) is 8.19. The van der Waals surface area contributed by atoms with Crippen LogP contribution in [0.1, 0.15) is 21.7 Å². The maximum atomic E-state index is 14.2. The molecule has 27 heavy (non-hydrogen) atoms. The quantitative estimate of drug-likeness (QED) is 0.506. The third kappa shape index (κ3) is 3.15. The predicted molar refractivity (Wildman–Crippen MR) is 95.9 cm³/mol. The molecule has 0 fully saturated rings. The van der Waals surface area contributed by atoms with E-state index in [0.29, 0.717) is 16.8 Å². The Kier molecular flexibility index (Phi) is 4.12. The summed E-state index contributed by atoms with van der Waals surface area (Å²) in [6, 6.07) is 11.0. The van der Waals surface area contributed by atoms with E-state index in [1.807, 2.05) is 6.92 Å². The largest absolute Gasteiger partial charge is 0.421 e. The Labute approximate surface area is 153 Å². The standard InChI is InChI=1S/C20H14FN3O3/c1-11-7-8-13(10-22-11)26-20(25)15-9-17(14-5-3-4-6-16(14)21)23-19-18(15)12(2)24-27-19/h3-10H,1-2H3. The highest BCUT2D eigenvalue weighted by molar-refractivity contribution is 6.05. The van der Waals surface area contributed by atoms with Gasteiger partial charge in [-0.3, -0.25) is 4.98 Å². The zero-order valence-electron chi connectivity index (χ0n) is 14.6. The molecule has 0 atom stereocenters. The fourth-order valence-electron chi connectivity index (χ4n) is 2.74. The Balaban J connectivity index is 1.83. The zero-order chi connectivity index (χ0) is 19.0. The maximum Gasteiger partial charge on any atom is 0.344 e. The number of esters is 1. The third-order valence-corrected chi connectivity index (χ3v) is 4.08. The molecule has 0 unspecified atom stereocenters. The van der Waals surface area contributed by atoms with Gasteiger partial charge in [0.15, 0.2) is 0 Å². The van der Waals surface area contributed by atoms with Crippen molar-refractivity contribution in [1.82, 2.24) is 15.1 Å². The number of carbonyl (C=O) groups excluding carboxylic acids is 1. The summed E-state index contributed by atoms with van der Waals surface area (Å²) in [5.41, 5.74) is 2.13. The number of hydrogen-bond donors (Lipinski definition) is 0. The molecule has 0 saturated heterocycles. The topological polar surface area (TPSA) is 78.1 Å². The molecule has 0 saturated carbocycles. The lowest BCUT2D eigenvalue weighted by Crippen LogP contribution is -2.10. The van der Waals surface area contributed by atoms with Crippen LogP contribution in [0.15, 0.2) is 53.2 Å². The number of carbonyl (C=O) groups is 1. The van der Waals surface area contributed by atoms with E-state index < -0.39 is 11.8 Å². The smallest absolute Gasteiger partial charge is 0.344 e. The van der Waals surface area contributed by atoms with Crippen LogP contribution in [0.5, 0.6) is 5.75 Å². The maximum absolute atomic E-state index is 14.2. The van der Waals surface area contributed by atoms with Crippen LogP contribution in [0.25, 0.3) is 22.4 Å². The molecule has 0 N–H and O–H groups in total. The molecule has 1 aromatic carbocycles. The number of ether oxygens (including phenoxy) is 1. The van der Waals surface area contributed by atoms with Gasteiger partial charge in [-0.1, -0.05) is 17.3 Å². The van der Waals surface area contributed by atoms with Crippen molar-refractivity contribution in [3.8, 4) is 17.0 Å². The molecule has 4 rings (SSSR count). The first-order valence-corrected chi connectivity index (χ1v) is 8.19. The molecule has 0 spiro atoms. The lowest BCUT2D eigenvalue weighted by atomic mass is 10.1. The molecule has 3 aromatic heterocycles. The van der Waals surface area contributed by atoms with E-state index in [4.69, 9.17) is 9.26 Å². The average molecular weight is 363 g/mol. The number of halogens is 1. The Morgan fingerprint density at radius 2 is 1.96 bits per heavy atom. The minimum absolute atomic E-state index is 0.141. The van der Waals surface area contributed by atoms with Crippen molar-refractivity contribution in [2.24, 2.45) is 0 Å². The number of rotatable bonds is 3. The highest BCUT2D eigenvalue weighted by Crippen LogP contribution is 2.29. The van der Waals surface area contributed by atoms with E-state index in [-0.39, 0.29) is 22.5 Å². The van der Waals surface area contributed by atoms with Crippen molar-refractivity contribution in [2.75, 3.05) is 0 Å². The second-order valence-electron chi connectivity index (χ2n) is 6.01. The van der Waals surface area contributed by atoms with Gasteiger partial charge in [-0.05, 0) is 44.2 Å². The van der Waals surface area contributed by atoms with Crippen LogP contribution in [-0.4, -0.2) is 21.1 Å². The van der Waals surface area contributed by atoms with Crippen molar-refractivity contribution >= 4 is 17.1 Å². The first kappa shape index (κ1) is 16.8. The molecule has 134 valence electrons. The molecular weight excluding hydrogens is 349 g/mol. The number of benzene rings is 1. The normalized spacial score (nSPS) is 10.9. The fourth-order valence-corrected chi connectivity index (χ4v) is 2.74. The molecule has 0 amide bonds. The van der Waals surface area contributed by atoms with Crippen LogP contribution in [0, 0.1) is 19.7 Å². The second-order valence-corrected chi connectivity index (χ2v) is 6.01. The minimum Gasteiger partial charge on any atom is -0.421 e. The van der Waals surface area contributed by atoms with Crippen LogP contribution >= 0.6 is 0 Å². The average Bonchev–Trinajstić information content (AvgIpc) is 3.04. The van der Waals surface area contributed by atoms with Gasteiger partial charge >= 0.3 is 5.97 Å². The van der Waals surface area contributed by atoms with E-state index in [9.17, 15) is 9.18 Å². The van der Waals surface area contributed by atoms with Gasteiger partial charge in [0.1, 0.15) is 11.6 Å². The lowest BCUT2D eigenvalue weighted by Gasteiger charge is -2.08. The Morgan fingerprint density at radius 1 is 1.15 bits per heavy atom. The summed E-state index contributed by atoms with van der Waals surface area (Å²) in [5.74, 6) is -0.781. The SMILES string of the molecule is Cc1ccc(OC(=O)c2cc(-c3ccccc3F)nc3onc(C)c23)cn1. The molecule has 0 aliphatic heterocycles.